The minimum absolute atomic E-state index is 0.122. The molecular weight excluding hydrogens is 248 g/mol. The molecular formula is C17H20N2O. The van der Waals surface area contributed by atoms with Gasteiger partial charge in [-0.25, -0.2) is 0 Å². The molecule has 0 atom stereocenters. The summed E-state index contributed by atoms with van der Waals surface area (Å²) in [5, 5.41) is 2.94. The van der Waals surface area contributed by atoms with E-state index in [1.165, 1.54) is 5.56 Å². The van der Waals surface area contributed by atoms with E-state index in [1.807, 2.05) is 36.4 Å². The first kappa shape index (κ1) is 14.3. The highest BCUT2D eigenvalue weighted by Crippen LogP contribution is 2.04. The number of aryl methyl sites for hydroxylation is 1. The van der Waals surface area contributed by atoms with Gasteiger partial charge in [-0.05, 0) is 30.5 Å². The van der Waals surface area contributed by atoms with Crippen molar-refractivity contribution in [3.05, 3.63) is 66.0 Å². The van der Waals surface area contributed by atoms with E-state index < -0.39 is 0 Å². The topological polar surface area (TPSA) is 42.0 Å². The average Bonchev–Trinajstić information content (AvgIpc) is 2.49. The second-order valence-corrected chi connectivity index (χ2v) is 4.76. The number of nitrogens with zero attached hydrogens (tertiary/aromatic N) is 1. The summed E-state index contributed by atoms with van der Waals surface area (Å²) >= 11 is 0. The van der Waals surface area contributed by atoms with Crippen molar-refractivity contribution in [2.75, 3.05) is 6.54 Å². The van der Waals surface area contributed by atoms with Gasteiger partial charge in [0.1, 0.15) is 0 Å². The Morgan fingerprint density at radius 1 is 1.00 bits per heavy atom. The van der Waals surface area contributed by atoms with E-state index in [-0.39, 0.29) is 5.91 Å². The monoisotopic (exact) mass is 268 g/mol. The van der Waals surface area contributed by atoms with Crippen LogP contribution in [0.4, 0.5) is 0 Å². The molecule has 104 valence electrons. The molecule has 0 fully saturated rings. The largest absolute Gasteiger partial charge is 0.356 e. The molecule has 3 nitrogen and oxygen atoms in total. The molecule has 0 aliphatic carbocycles. The molecule has 1 aromatic heterocycles. The van der Waals surface area contributed by atoms with Crippen molar-refractivity contribution in [1.82, 2.24) is 10.3 Å². The number of hydrogen-bond acceptors (Lipinski definition) is 2. The predicted molar refractivity (Wildman–Crippen MR) is 80.3 cm³/mol. The molecule has 0 unspecified atom stereocenters. The van der Waals surface area contributed by atoms with Gasteiger partial charge in [0.15, 0.2) is 0 Å². The van der Waals surface area contributed by atoms with Crippen molar-refractivity contribution in [1.29, 1.82) is 0 Å². The number of hydrogen-bond donors (Lipinski definition) is 1. The van der Waals surface area contributed by atoms with E-state index in [0.717, 1.165) is 25.0 Å². The summed E-state index contributed by atoms with van der Waals surface area (Å²) in [6.45, 7) is 0.654. The predicted octanol–water partition coefficient (Wildman–Crippen LogP) is 2.76. The SMILES string of the molecule is O=C(CCCc1ccccc1)NCCc1ccccn1. The van der Waals surface area contributed by atoms with Gasteiger partial charge >= 0.3 is 0 Å². The second kappa shape index (κ2) is 8.10. The minimum atomic E-state index is 0.122. The number of benzene rings is 1. The molecule has 0 saturated carbocycles. The van der Waals surface area contributed by atoms with Crippen LogP contribution in [0.15, 0.2) is 54.7 Å². The summed E-state index contributed by atoms with van der Waals surface area (Å²) in [6.07, 6.45) is 4.98. The van der Waals surface area contributed by atoms with E-state index in [4.69, 9.17) is 0 Å². The third-order valence-electron chi connectivity index (χ3n) is 3.14. The number of amides is 1. The van der Waals surface area contributed by atoms with Crippen molar-refractivity contribution in [2.24, 2.45) is 0 Å². The van der Waals surface area contributed by atoms with Gasteiger partial charge in [-0.15, -0.1) is 0 Å². The highest BCUT2D eigenvalue weighted by atomic mass is 16.1. The summed E-state index contributed by atoms with van der Waals surface area (Å²) < 4.78 is 0. The molecule has 0 saturated heterocycles. The molecule has 1 amide bonds. The number of aromatic nitrogens is 1. The highest BCUT2D eigenvalue weighted by molar-refractivity contribution is 5.75. The van der Waals surface area contributed by atoms with Crippen LogP contribution in [0.1, 0.15) is 24.1 Å². The number of pyridine rings is 1. The van der Waals surface area contributed by atoms with Crippen LogP contribution in [0, 0.1) is 0 Å². The Hall–Kier alpha value is -2.16. The quantitative estimate of drug-likeness (QED) is 0.839. The van der Waals surface area contributed by atoms with Gasteiger partial charge in [0.2, 0.25) is 5.91 Å². The van der Waals surface area contributed by atoms with Crippen LogP contribution in [-0.4, -0.2) is 17.4 Å². The number of nitrogens with one attached hydrogen (secondary N) is 1. The summed E-state index contributed by atoms with van der Waals surface area (Å²) in [5.41, 5.74) is 2.30. The smallest absolute Gasteiger partial charge is 0.220 e. The number of carbonyl (C=O) groups is 1. The molecule has 1 aromatic carbocycles. The molecule has 0 aliphatic rings. The Balaban J connectivity index is 1.59. The Kier molecular flexibility index (Phi) is 5.77. The van der Waals surface area contributed by atoms with E-state index in [2.05, 4.69) is 22.4 Å². The van der Waals surface area contributed by atoms with Crippen LogP contribution in [0.2, 0.25) is 0 Å². The lowest BCUT2D eigenvalue weighted by atomic mass is 10.1. The van der Waals surface area contributed by atoms with Crippen LogP contribution in [-0.2, 0) is 17.6 Å². The van der Waals surface area contributed by atoms with Gasteiger partial charge in [0.05, 0.1) is 0 Å². The molecule has 0 spiro atoms. The summed E-state index contributed by atoms with van der Waals surface area (Å²) in [5.74, 6) is 0.122. The Labute approximate surface area is 120 Å². The lowest BCUT2D eigenvalue weighted by molar-refractivity contribution is -0.121. The first-order valence-corrected chi connectivity index (χ1v) is 7.05. The molecule has 3 heteroatoms. The van der Waals surface area contributed by atoms with Gasteiger partial charge in [-0.2, -0.15) is 0 Å². The van der Waals surface area contributed by atoms with Crippen LogP contribution < -0.4 is 5.32 Å². The van der Waals surface area contributed by atoms with Crippen LogP contribution in [0.25, 0.3) is 0 Å². The van der Waals surface area contributed by atoms with Crippen molar-refractivity contribution >= 4 is 5.91 Å². The lowest BCUT2D eigenvalue weighted by Crippen LogP contribution is -2.25. The standard InChI is InChI=1S/C17H20N2O/c20-17(11-6-9-15-7-2-1-3-8-15)19-14-12-16-10-4-5-13-18-16/h1-5,7-8,10,13H,6,9,11-12,14H2,(H,19,20). The third-order valence-corrected chi connectivity index (χ3v) is 3.14. The van der Waals surface area contributed by atoms with Gasteiger partial charge in [-0.3, -0.25) is 9.78 Å². The normalized spacial score (nSPS) is 10.2. The van der Waals surface area contributed by atoms with Crippen molar-refractivity contribution in [3.63, 3.8) is 0 Å². The third kappa shape index (κ3) is 5.22. The van der Waals surface area contributed by atoms with E-state index in [1.54, 1.807) is 6.20 Å². The zero-order valence-corrected chi connectivity index (χ0v) is 11.6. The molecule has 1 N–H and O–H groups in total. The molecule has 2 rings (SSSR count). The average molecular weight is 268 g/mol. The summed E-state index contributed by atoms with van der Waals surface area (Å²) in [4.78, 5) is 15.9. The van der Waals surface area contributed by atoms with Crippen molar-refractivity contribution in [2.45, 2.75) is 25.7 Å². The maximum atomic E-state index is 11.7. The van der Waals surface area contributed by atoms with Crippen LogP contribution in [0.3, 0.4) is 0 Å². The minimum Gasteiger partial charge on any atom is -0.356 e. The first-order chi connectivity index (χ1) is 9.84. The van der Waals surface area contributed by atoms with Crippen molar-refractivity contribution in [3.8, 4) is 0 Å². The van der Waals surface area contributed by atoms with Gasteiger partial charge in [0.25, 0.3) is 0 Å². The number of rotatable bonds is 7. The maximum Gasteiger partial charge on any atom is 0.220 e. The fourth-order valence-corrected chi connectivity index (χ4v) is 2.06. The highest BCUT2D eigenvalue weighted by Gasteiger charge is 2.01. The number of carbonyl (C=O) groups excluding carboxylic acids is 1. The van der Waals surface area contributed by atoms with Gasteiger partial charge < -0.3 is 5.32 Å². The Morgan fingerprint density at radius 3 is 2.55 bits per heavy atom. The molecule has 2 aromatic rings. The van der Waals surface area contributed by atoms with Gasteiger partial charge in [0, 0.05) is 31.3 Å². The maximum absolute atomic E-state index is 11.7. The fraction of sp³-hybridized carbons (Fsp3) is 0.294. The molecule has 1 heterocycles. The second-order valence-electron chi connectivity index (χ2n) is 4.76. The van der Waals surface area contributed by atoms with E-state index in [0.29, 0.717) is 13.0 Å². The van der Waals surface area contributed by atoms with Gasteiger partial charge in [-0.1, -0.05) is 36.4 Å². The Morgan fingerprint density at radius 2 is 1.80 bits per heavy atom. The Bertz CT molecular complexity index is 464. The van der Waals surface area contributed by atoms with Crippen molar-refractivity contribution < 1.29 is 4.79 Å². The zero-order valence-electron chi connectivity index (χ0n) is 11.6. The molecule has 0 bridgehead atoms. The first-order valence-electron chi connectivity index (χ1n) is 7.05. The van der Waals surface area contributed by atoms with E-state index in [9.17, 15) is 4.79 Å². The summed E-state index contributed by atoms with van der Waals surface area (Å²) in [6, 6.07) is 16.1. The summed E-state index contributed by atoms with van der Waals surface area (Å²) in [7, 11) is 0. The zero-order chi connectivity index (χ0) is 14.0. The van der Waals surface area contributed by atoms with Crippen LogP contribution in [0.5, 0.6) is 0 Å². The molecule has 0 aliphatic heterocycles. The molecule has 0 radical (unpaired) electrons. The van der Waals surface area contributed by atoms with E-state index >= 15 is 0 Å². The fourth-order valence-electron chi connectivity index (χ4n) is 2.06. The van der Waals surface area contributed by atoms with Crippen LogP contribution >= 0.6 is 0 Å². The molecule has 20 heavy (non-hydrogen) atoms. The lowest BCUT2D eigenvalue weighted by Gasteiger charge is -2.05.